The summed E-state index contributed by atoms with van der Waals surface area (Å²) in [5.41, 5.74) is 6.73. The maximum atomic E-state index is 11.7. The molecule has 20 heavy (non-hydrogen) atoms. The van der Waals surface area contributed by atoms with Crippen molar-refractivity contribution < 1.29 is 4.42 Å². The van der Waals surface area contributed by atoms with E-state index in [2.05, 4.69) is 15.3 Å². The Kier molecular flexibility index (Phi) is 6.27. The number of rotatable bonds is 6. The normalized spacial score (nSPS) is 10.2. The van der Waals surface area contributed by atoms with E-state index in [1.165, 1.54) is 0 Å². The monoisotopic (exact) mass is 298 g/mol. The molecule has 110 valence electrons. The molecule has 0 aliphatic carbocycles. The molecule has 0 bridgehead atoms. The van der Waals surface area contributed by atoms with Gasteiger partial charge in [0.2, 0.25) is 5.95 Å². The van der Waals surface area contributed by atoms with Crippen molar-refractivity contribution in [1.82, 2.24) is 15.3 Å². The minimum Gasteiger partial charge on any atom is -0.468 e. The molecule has 7 heteroatoms. The number of hydrogen-bond donors (Lipinski definition) is 3. The second kappa shape index (κ2) is 7.72. The summed E-state index contributed by atoms with van der Waals surface area (Å²) in [6, 6.07) is 3.78. The van der Waals surface area contributed by atoms with E-state index < -0.39 is 0 Å². The molecule has 0 saturated heterocycles. The summed E-state index contributed by atoms with van der Waals surface area (Å²) in [6.07, 6.45) is 3.19. The minimum absolute atomic E-state index is 0. The van der Waals surface area contributed by atoms with Crippen molar-refractivity contribution in [2.75, 3.05) is 12.3 Å². The molecular weight excluding hydrogens is 280 g/mol. The van der Waals surface area contributed by atoms with Crippen LogP contribution in [0, 0.1) is 6.92 Å². The van der Waals surface area contributed by atoms with Crippen molar-refractivity contribution in [2.45, 2.75) is 26.3 Å². The Bertz CT molecular complexity index is 581. The van der Waals surface area contributed by atoms with Gasteiger partial charge in [-0.05, 0) is 38.4 Å². The third-order valence-electron chi connectivity index (χ3n) is 2.90. The van der Waals surface area contributed by atoms with E-state index in [-0.39, 0.29) is 23.9 Å². The summed E-state index contributed by atoms with van der Waals surface area (Å²) in [4.78, 5) is 18.3. The predicted octanol–water partition coefficient (Wildman–Crippen LogP) is 1.40. The zero-order valence-electron chi connectivity index (χ0n) is 11.3. The van der Waals surface area contributed by atoms with Gasteiger partial charge >= 0.3 is 0 Å². The van der Waals surface area contributed by atoms with Crippen LogP contribution in [0.15, 0.2) is 27.6 Å². The summed E-state index contributed by atoms with van der Waals surface area (Å²) in [6.45, 7) is 3.31. The Balaban J connectivity index is 0.00000200. The van der Waals surface area contributed by atoms with Crippen LogP contribution in [-0.4, -0.2) is 16.5 Å². The van der Waals surface area contributed by atoms with Gasteiger partial charge in [-0.25, -0.2) is 4.98 Å². The van der Waals surface area contributed by atoms with Crippen LogP contribution in [0.1, 0.15) is 23.4 Å². The molecule has 0 fully saturated rings. The lowest BCUT2D eigenvalue weighted by Crippen LogP contribution is -2.20. The van der Waals surface area contributed by atoms with Crippen molar-refractivity contribution in [3.8, 4) is 0 Å². The van der Waals surface area contributed by atoms with E-state index in [1.807, 2.05) is 12.1 Å². The fraction of sp³-hybridized carbons (Fsp3) is 0.385. The number of aryl methyl sites for hydroxylation is 1. The molecule has 2 rings (SSSR count). The van der Waals surface area contributed by atoms with Crippen molar-refractivity contribution in [3.63, 3.8) is 0 Å². The number of anilines is 1. The van der Waals surface area contributed by atoms with Gasteiger partial charge < -0.3 is 15.5 Å². The van der Waals surface area contributed by atoms with Gasteiger partial charge in [0.05, 0.1) is 12.8 Å². The fourth-order valence-corrected chi connectivity index (χ4v) is 1.94. The Labute approximate surface area is 123 Å². The van der Waals surface area contributed by atoms with Crippen LogP contribution in [0.3, 0.4) is 0 Å². The summed E-state index contributed by atoms with van der Waals surface area (Å²) >= 11 is 0. The number of furan rings is 1. The van der Waals surface area contributed by atoms with E-state index in [0.717, 1.165) is 18.7 Å². The van der Waals surface area contributed by atoms with Gasteiger partial charge in [0.15, 0.2) is 0 Å². The molecule has 2 aromatic rings. The molecule has 0 saturated carbocycles. The fourth-order valence-electron chi connectivity index (χ4n) is 1.94. The summed E-state index contributed by atoms with van der Waals surface area (Å²) in [7, 11) is 0. The van der Waals surface area contributed by atoms with Crippen LogP contribution in [0.25, 0.3) is 0 Å². The third-order valence-corrected chi connectivity index (χ3v) is 2.90. The topological polar surface area (TPSA) is 96.9 Å². The zero-order chi connectivity index (χ0) is 13.7. The maximum Gasteiger partial charge on any atom is 0.255 e. The van der Waals surface area contributed by atoms with Gasteiger partial charge in [-0.2, -0.15) is 0 Å². The number of nitrogens with two attached hydrogens (primary N) is 1. The van der Waals surface area contributed by atoms with Crippen LogP contribution >= 0.6 is 12.4 Å². The van der Waals surface area contributed by atoms with Gasteiger partial charge in [-0.1, -0.05) is 0 Å². The van der Waals surface area contributed by atoms with Gasteiger partial charge in [0.25, 0.3) is 5.56 Å². The van der Waals surface area contributed by atoms with Gasteiger partial charge in [0.1, 0.15) is 5.76 Å². The number of aromatic amines is 1. The quantitative estimate of drug-likeness (QED) is 0.700. The molecule has 4 N–H and O–H groups in total. The predicted molar refractivity (Wildman–Crippen MR) is 80.0 cm³/mol. The molecule has 0 amide bonds. The van der Waals surface area contributed by atoms with Crippen LogP contribution in [0.2, 0.25) is 0 Å². The minimum atomic E-state index is -0.143. The number of nitrogens with one attached hydrogen (secondary N) is 2. The number of nitrogen functional groups attached to an aromatic ring is 1. The summed E-state index contributed by atoms with van der Waals surface area (Å²) in [5.74, 6) is 1.07. The first-order chi connectivity index (χ1) is 9.16. The number of halogens is 1. The average Bonchev–Trinajstić information content (AvgIpc) is 2.84. The van der Waals surface area contributed by atoms with Crippen LogP contribution in [0.5, 0.6) is 0 Å². The highest BCUT2D eigenvalue weighted by Crippen LogP contribution is 2.03. The van der Waals surface area contributed by atoms with Crippen LogP contribution in [-0.2, 0) is 13.0 Å². The molecule has 2 heterocycles. The summed E-state index contributed by atoms with van der Waals surface area (Å²) < 4.78 is 5.21. The molecule has 0 aliphatic heterocycles. The summed E-state index contributed by atoms with van der Waals surface area (Å²) in [5, 5.41) is 3.26. The Hall–Kier alpha value is -1.79. The Morgan fingerprint density at radius 2 is 2.30 bits per heavy atom. The highest BCUT2D eigenvalue weighted by atomic mass is 35.5. The maximum absolute atomic E-state index is 11.7. The average molecular weight is 299 g/mol. The highest BCUT2D eigenvalue weighted by molar-refractivity contribution is 5.85. The molecule has 6 nitrogen and oxygen atoms in total. The Morgan fingerprint density at radius 3 is 2.95 bits per heavy atom. The van der Waals surface area contributed by atoms with E-state index in [0.29, 0.717) is 24.2 Å². The van der Waals surface area contributed by atoms with Gasteiger partial charge in [0, 0.05) is 11.3 Å². The second-order valence-corrected chi connectivity index (χ2v) is 4.37. The van der Waals surface area contributed by atoms with E-state index in [9.17, 15) is 4.79 Å². The smallest absolute Gasteiger partial charge is 0.255 e. The Morgan fingerprint density at radius 1 is 1.50 bits per heavy atom. The second-order valence-electron chi connectivity index (χ2n) is 4.37. The third kappa shape index (κ3) is 4.40. The van der Waals surface area contributed by atoms with Crippen LogP contribution < -0.4 is 16.6 Å². The first-order valence-electron chi connectivity index (χ1n) is 6.25. The van der Waals surface area contributed by atoms with Crippen molar-refractivity contribution >= 4 is 18.4 Å². The lowest BCUT2D eigenvalue weighted by atomic mass is 10.1. The van der Waals surface area contributed by atoms with E-state index >= 15 is 0 Å². The molecule has 0 atom stereocenters. The lowest BCUT2D eigenvalue weighted by Gasteiger charge is -2.05. The number of hydrogen-bond acceptors (Lipinski definition) is 5. The molecule has 0 aliphatic rings. The zero-order valence-corrected chi connectivity index (χ0v) is 12.1. The molecular formula is C13H19ClN4O2. The first kappa shape index (κ1) is 16.3. The highest BCUT2D eigenvalue weighted by Gasteiger charge is 2.06. The molecule has 0 radical (unpaired) electrons. The SMILES string of the molecule is Cc1nc(N)[nH]c(=O)c1CCCNCc1ccco1.Cl. The number of H-pyrrole nitrogens is 1. The molecule has 0 unspecified atom stereocenters. The standard InChI is InChI=1S/C13H18N4O2.ClH/c1-9-11(12(18)17-13(14)16-9)5-2-6-15-8-10-4-3-7-19-10;/h3-4,7,15H,2,5-6,8H2,1H3,(H3,14,16,17,18);1H. The van der Waals surface area contributed by atoms with Gasteiger partial charge in [-0.3, -0.25) is 9.78 Å². The number of aromatic nitrogens is 2. The molecule has 0 aromatic carbocycles. The van der Waals surface area contributed by atoms with Crippen LogP contribution in [0.4, 0.5) is 5.95 Å². The van der Waals surface area contributed by atoms with Crippen molar-refractivity contribution in [3.05, 3.63) is 45.8 Å². The molecule has 0 spiro atoms. The molecule has 2 aromatic heterocycles. The first-order valence-corrected chi connectivity index (χ1v) is 6.25. The van der Waals surface area contributed by atoms with E-state index in [4.69, 9.17) is 10.2 Å². The van der Waals surface area contributed by atoms with Crippen molar-refractivity contribution in [2.24, 2.45) is 0 Å². The number of nitrogens with zero attached hydrogens (tertiary/aromatic N) is 1. The lowest BCUT2D eigenvalue weighted by molar-refractivity contribution is 0.481. The van der Waals surface area contributed by atoms with Gasteiger partial charge in [-0.15, -0.1) is 12.4 Å². The largest absolute Gasteiger partial charge is 0.468 e. The van der Waals surface area contributed by atoms with E-state index in [1.54, 1.807) is 13.2 Å². The van der Waals surface area contributed by atoms with Crippen molar-refractivity contribution in [1.29, 1.82) is 0 Å².